The molecule has 0 spiro atoms. The summed E-state index contributed by atoms with van der Waals surface area (Å²) < 4.78 is 12.6. The van der Waals surface area contributed by atoms with Crippen LogP contribution in [0, 0.1) is 0 Å². The van der Waals surface area contributed by atoms with Gasteiger partial charge < -0.3 is 0 Å². The van der Waals surface area contributed by atoms with E-state index in [1.165, 1.54) is 226 Å². The fourth-order valence-electron chi connectivity index (χ4n) is 11.7. The summed E-state index contributed by atoms with van der Waals surface area (Å²) in [6.07, 6.45) is 39.8. The number of aromatic nitrogens is 2. The maximum absolute atomic E-state index is 5.41. The molecule has 0 saturated heterocycles. The Labute approximate surface area is 418 Å². The van der Waals surface area contributed by atoms with E-state index < -0.39 is 36.8 Å². The summed E-state index contributed by atoms with van der Waals surface area (Å²) in [4.78, 5) is 10.8. The average Bonchev–Trinajstić information content (AvgIpc) is 4.10. The Morgan fingerprint density at radius 1 is 0.385 bits per heavy atom. The molecule has 0 unspecified atom stereocenters. The summed E-state index contributed by atoms with van der Waals surface area (Å²) in [5, 5.41) is 2.58. The van der Waals surface area contributed by atoms with Crippen molar-refractivity contribution >= 4 is 65.2 Å². The van der Waals surface area contributed by atoms with Gasteiger partial charge in [-0.15, -0.1) is 0 Å². The molecule has 0 radical (unpaired) electrons. The molecule has 1 aliphatic carbocycles. The fraction of sp³-hybridized carbons (Fsp3) is 0.695. The van der Waals surface area contributed by atoms with Crippen LogP contribution in [-0.2, 0) is 5.41 Å². The zero-order valence-electron chi connectivity index (χ0n) is 43.5. The molecule has 2 nitrogen and oxygen atoms in total. The van der Waals surface area contributed by atoms with Crippen molar-refractivity contribution < 1.29 is 0 Å². The van der Waals surface area contributed by atoms with E-state index in [0.29, 0.717) is 0 Å². The van der Waals surface area contributed by atoms with E-state index in [4.69, 9.17) is 9.97 Å². The number of nitrogens with zero attached hydrogens (tertiary/aromatic N) is 2. The summed E-state index contributed by atoms with van der Waals surface area (Å²) in [5.41, 5.74) is 9.03. The van der Waals surface area contributed by atoms with Crippen LogP contribution in [0.25, 0.3) is 32.3 Å². The van der Waals surface area contributed by atoms with E-state index in [1.807, 2.05) is 0 Å². The molecule has 2 aromatic carbocycles. The molecule has 0 N–H and O–H groups in total. The maximum atomic E-state index is 5.41. The van der Waals surface area contributed by atoms with Crippen LogP contribution in [0.1, 0.15) is 233 Å². The van der Waals surface area contributed by atoms with Crippen LogP contribution in [0.3, 0.4) is 0 Å². The van der Waals surface area contributed by atoms with E-state index in [-0.39, 0.29) is 5.41 Å². The second-order valence-electron chi connectivity index (χ2n) is 20.9. The number of hydrogen-bond donors (Lipinski definition) is 0. The van der Waals surface area contributed by atoms with Crippen LogP contribution < -0.4 is 5.79 Å². The Bertz CT molecular complexity index is 1740. The third-order valence-electron chi connectivity index (χ3n) is 15.9. The van der Waals surface area contributed by atoms with Gasteiger partial charge in [-0.2, -0.15) is 0 Å². The first-order chi connectivity index (χ1) is 31.8. The van der Waals surface area contributed by atoms with E-state index in [2.05, 4.69) is 127 Å². The van der Waals surface area contributed by atoms with Gasteiger partial charge in [0, 0.05) is 0 Å². The minimum absolute atomic E-state index is 0.0328. The van der Waals surface area contributed by atoms with E-state index in [1.54, 1.807) is 16.9 Å². The van der Waals surface area contributed by atoms with E-state index >= 15 is 0 Å². The summed E-state index contributed by atoms with van der Waals surface area (Å²) in [7, 11) is 0. The summed E-state index contributed by atoms with van der Waals surface area (Å²) in [6, 6.07) is 15.4. The third kappa shape index (κ3) is 14.7. The monoisotopic (exact) mass is 1140 g/mol. The molecule has 0 bridgehead atoms. The predicted octanol–water partition coefficient (Wildman–Crippen LogP) is 19.8. The zero-order valence-corrected chi connectivity index (χ0v) is 50.8. The van der Waals surface area contributed by atoms with Crippen LogP contribution in [0.15, 0.2) is 48.8 Å². The molecule has 0 aliphatic heterocycles. The standard InChI is InChI=1S/C35H42N2S2.6C4H9.2Sn/c1-3-5-7-9-11-13-19-35(20-14-12-10-8-6-4-2)31-25-27(33-36-21-23-38-33)15-17-29(31)30-18-16-28(26-32(30)35)34-37-22-24-39-34;6*1-3-4-2;;/h15-18,21-22,25-26H,3-14,19-20H2,1-2H3;6*1,3-4H2,2H3;;. The van der Waals surface area contributed by atoms with Gasteiger partial charge in [-0.1, -0.05) is 39.5 Å². The minimum atomic E-state index is -2.59. The van der Waals surface area contributed by atoms with E-state index in [9.17, 15) is 0 Å². The van der Waals surface area contributed by atoms with Crippen LogP contribution >= 0.6 is 22.7 Å². The van der Waals surface area contributed by atoms with Crippen molar-refractivity contribution in [3.63, 3.8) is 0 Å². The molecule has 65 heavy (non-hydrogen) atoms. The number of fused-ring (bicyclic) bond motifs is 3. The molecule has 0 amide bonds. The third-order valence-corrected chi connectivity index (χ3v) is 54.3. The Balaban J connectivity index is 1.62. The van der Waals surface area contributed by atoms with Gasteiger partial charge in [-0.3, -0.25) is 0 Å². The fourth-order valence-corrected chi connectivity index (χ4v) is 51.0. The summed E-state index contributed by atoms with van der Waals surface area (Å²) in [5.74, 6) is 0. The number of hydrogen-bond acceptors (Lipinski definition) is 4. The van der Waals surface area contributed by atoms with Crippen molar-refractivity contribution in [3.8, 4) is 32.3 Å². The Morgan fingerprint density at radius 2 is 0.692 bits per heavy atom. The second-order valence-corrected chi connectivity index (χ2v) is 51.3. The molecule has 6 heteroatoms. The predicted molar refractivity (Wildman–Crippen MR) is 300 cm³/mol. The van der Waals surface area contributed by atoms with Crippen molar-refractivity contribution in [2.75, 3.05) is 0 Å². The molecule has 0 atom stereocenters. The molecule has 362 valence electrons. The average molecular weight is 1130 g/mol. The van der Waals surface area contributed by atoms with Crippen LogP contribution in [0.5, 0.6) is 0 Å². The van der Waals surface area contributed by atoms with Crippen LogP contribution in [0.4, 0.5) is 0 Å². The number of rotatable bonds is 36. The SMILES string of the molecule is CCCCCCCCC1(CCCCCCCC)c2cc(-c3nc[c]([Sn]([CH2]CCC)([CH2]CCC)[CH2]CCC)s3)ccc2-c2ccc(-c3nc[c]([Sn]([CH2]CCC)([CH2]CCC)[CH2]CCC)s3)cc21. The van der Waals surface area contributed by atoms with Gasteiger partial charge >= 0.3 is 382 Å². The van der Waals surface area contributed by atoms with Crippen molar-refractivity contribution in [3.05, 3.63) is 59.9 Å². The molecular weight excluding hydrogens is 1040 g/mol. The van der Waals surface area contributed by atoms with Gasteiger partial charge in [-0.25, -0.2) is 0 Å². The normalized spacial score (nSPS) is 13.5. The molecule has 5 rings (SSSR count). The van der Waals surface area contributed by atoms with Gasteiger partial charge in [0.05, 0.1) is 0 Å². The molecule has 2 aromatic heterocycles. The first-order valence-electron chi connectivity index (χ1n) is 28.1. The second kappa shape index (κ2) is 29.5. The summed E-state index contributed by atoms with van der Waals surface area (Å²) >= 11 is -0.927. The first kappa shape index (κ1) is 55.2. The molecule has 0 saturated carbocycles. The molecule has 0 fully saturated rings. The topological polar surface area (TPSA) is 25.8 Å². The Hall–Kier alpha value is -0.703. The van der Waals surface area contributed by atoms with Crippen molar-refractivity contribution in [2.24, 2.45) is 0 Å². The van der Waals surface area contributed by atoms with Crippen LogP contribution in [-0.4, -0.2) is 46.7 Å². The number of thiazole rings is 2. The van der Waals surface area contributed by atoms with Gasteiger partial charge in [0.2, 0.25) is 0 Å². The number of unbranched alkanes of at least 4 members (excludes halogenated alkanes) is 16. The Kier molecular flexibility index (Phi) is 25.0. The van der Waals surface area contributed by atoms with Gasteiger partial charge in [0.1, 0.15) is 0 Å². The van der Waals surface area contributed by atoms with Crippen molar-refractivity contribution in [1.29, 1.82) is 0 Å². The van der Waals surface area contributed by atoms with Crippen molar-refractivity contribution in [2.45, 2.75) is 254 Å². The quantitative estimate of drug-likeness (QED) is 0.0335. The van der Waals surface area contributed by atoms with Gasteiger partial charge in [0.25, 0.3) is 0 Å². The Morgan fingerprint density at radius 3 is 1.02 bits per heavy atom. The van der Waals surface area contributed by atoms with Crippen LogP contribution in [0.2, 0.25) is 26.6 Å². The summed E-state index contributed by atoms with van der Waals surface area (Å²) in [6.45, 7) is 19.1. The van der Waals surface area contributed by atoms with Crippen molar-refractivity contribution in [1.82, 2.24) is 9.97 Å². The van der Waals surface area contributed by atoms with Gasteiger partial charge in [0.15, 0.2) is 0 Å². The first-order valence-corrected chi connectivity index (χ1v) is 44.7. The molecule has 1 aliphatic rings. The zero-order chi connectivity index (χ0) is 46.4. The molecule has 2 heterocycles. The number of benzene rings is 2. The van der Waals surface area contributed by atoms with Gasteiger partial charge in [-0.05, 0) is 0 Å². The molecular formula is C59H96N2S2Sn2. The van der Waals surface area contributed by atoms with E-state index in [0.717, 1.165) is 0 Å². The molecule has 4 aromatic rings.